The van der Waals surface area contributed by atoms with Crippen LogP contribution >= 0.6 is 0 Å². The molecule has 0 spiro atoms. The quantitative estimate of drug-likeness (QED) is 0.822. The number of carbonyl (C=O) groups is 2. The second-order valence-corrected chi connectivity index (χ2v) is 4.48. The molecule has 1 rings (SSSR count). The van der Waals surface area contributed by atoms with E-state index in [4.69, 9.17) is 10.4 Å². The molecule has 0 aliphatic heterocycles. The number of benzene rings is 1. The zero-order valence-electron chi connectivity index (χ0n) is 11.6. The molecule has 0 fully saturated rings. The van der Waals surface area contributed by atoms with Crippen molar-refractivity contribution in [2.45, 2.75) is 26.8 Å². The third-order valence-corrected chi connectivity index (χ3v) is 3.11. The van der Waals surface area contributed by atoms with E-state index in [1.165, 1.54) is 13.8 Å². The van der Waals surface area contributed by atoms with Gasteiger partial charge < -0.3 is 10.4 Å². The van der Waals surface area contributed by atoms with Gasteiger partial charge in [-0.2, -0.15) is 5.26 Å². The average Bonchev–Trinajstić information content (AvgIpc) is 2.45. The van der Waals surface area contributed by atoms with E-state index in [2.05, 4.69) is 5.32 Å². The fourth-order valence-electron chi connectivity index (χ4n) is 1.57. The highest BCUT2D eigenvalue weighted by Crippen LogP contribution is 2.14. The fourth-order valence-corrected chi connectivity index (χ4v) is 1.57. The van der Waals surface area contributed by atoms with Gasteiger partial charge in [0, 0.05) is 11.1 Å². The van der Waals surface area contributed by atoms with Gasteiger partial charge in [-0.1, -0.05) is 12.1 Å². The minimum atomic E-state index is -1.11. The van der Waals surface area contributed by atoms with Crippen LogP contribution in [0.25, 0.3) is 0 Å². The molecule has 0 aliphatic carbocycles. The van der Waals surface area contributed by atoms with E-state index in [1.54, 1.807) is 31.2 Å². The van der Waals surface area contributed by atoms with Gasteiger partial charge in [-0.25, -0.2) is 4.79 Å². The molecule has 0 aliphatic rings. The number of amides is 1. The van der Waals surface area contributed by atoms with Crippen molar-refractivity contribution in [2.24, 2.45) is 0 Å². The molecule has 2 N–H and O–H groups in total. The van der Waals surface area contributed by atoms with Crippen LogP contribution in [0.2, 0.25) is 0 Å². The van der Waals surface area contributed by atoms with E-state index < -0.39 is 11.9 Å². The number of aliphatic carboxylic acids is 1. The number of rotatable bonds is 4. The molecule has 5 heteroatoms. The van der Waals surface area contributed by atoms with Gasteiger partial charge >= 0.3 is 5.97 Å². The molecule has 5 nitrogen and oxygen atoms in total. The van der Waals surface area contributed by atoms with Crippen molar-refractivity contribution in [3.63, 3.8) is 0 Å². The first-order valence-electron chi connectivity index (χ1n) is 6.08. The highest BCUT2D eigenvalue weighted by atomic mass is 16.4. The summed E-state index contributed by atoms with van der Waals surface area (Å²) in [5.74, 6) is -1.52. The van der Waals surface area contributed by atoms with Crippen molar-refractivity contribution in [2.75, 3.05) is 0 Å². The summed E-state index contributed by atoms with van der Waals surface area (Å²) in [5, 5.41) is 20.3. The summed E-state index contributed by atoms with van der Waals surface area (Å²) >= 11 is 0. The molecule has 20 heavy (non-hydrogen) atoms. The molecule has 0 aromatic heterocycles. The lowest BCUT2D eigenvalue weighted by molar-refractivity contribution is -0.133. The molecular formula is C15H16N2O3. The summed E-state index contributed by atoms with van der Waals surface area (Å²) in [7, 11) is 0. The molecule has 1 amide bonds. The number of nitriles is 1. The van der Waals surface area contributed by atoms with Gasteiger partial charge in [0.1, 0.15) is 0 Å². The molecular weight excluding hydrogens is 256 g/mol. The van der Waals surface area contributed by atoms with Crippen LogP contribution in [0.4, 0.5) is 0 Å². The molecule has 0 radical (unpaired) electrons. The molecule has 1 atom stereocenters. The van der Waals surface area contributed by atoms with Gasteiger partial charge in [-0.15, -0.1) is 0 Å². The Labute approximate surface area is 117 Å². The van der Waals surface area contributed by atoms with Gasteiger partial charge in [0.25, 0.3) is 0 Å². The number of carboxylic acid groups (broad SMARTS) is 1. The third-order valence-electron chi connectivity index (χ3n) is 3.11. The van der Waals surface area contributed by atoms with Crippen LogP contribution in [0.15, 0.2) is 35.4 Å². The molecule has 0 saturated heterocycles. The largest absolute Gasteiger partial charge is 0.478 e. The summed E-state index contributed by atoms with van der Waals surface area (Å²) in [6.07, 6.45) is 0. The second-order valence-electron chi connectivity index (χ2n) is 4.48. The van der Waals surface area contributed by atoms with Crippen molar-refractivity contribution >= 4 is 11.9 Å². The minimum absolute atomic E-state index is 0.0227. The standard InChI is InChI=1S/C15H16N2O3/c1-9(10(2)15(19)20)14(18)17-11(3)13-6-4-12(8-16)5-7-13/h4-7,11H,1-3H3,(H,17,18)(H,19,20). The summed E-state index contributed by atoms with van der Waals surface area (Å²) in [4.78, 5) is 22.7. The Hall–Kier alpha value is -2.61. The van der Waals surface area contributed by atoms with Crippen LogP contribution in [0, 0.1) is 11.3 Å². The maximum Gasteiger partial charge on any atom is 0.331 e. The van der Waals surface area contributed by atoms with Crippen molar-refractivity contribution in [3.05, 3.63) is 46.5 Å². The predicted octanol–water partition coefficient (Wildman–Crippen LogP) is 2.16. The van der Waals surface area contributed by atoms with Crippen molar-refractivity contribution in [1.82, 2.24) is 5.32 Å². The zero-order chi connectivity index (χ0) is 15.3. The highest BCUT2D eigenvalue weighted by molar-refractivity contribution is 6.01. The predicted molar refractivity (Wildman–Crippen MR) is 73.7 cm³/mol. The van der Waals surface area contributed by atoms with E-state index in [0.29, 0.717) is 5.56 Å². The van der Waals surface area contributed by atoms with Crippen LogP contribution in [0.1, 0.15) is 37.9 Å². The summed E-state index contributed by atoms with van der Waals surface area (Å²) < 4.78 is 0. The van der Waals surface area contributed by atoms with Gasteiger partial charge in [0.15, 0.2) is 0 Å². The van der Waals surface area contributed by atoms with Crippen LogP contribution < -0.4 is 5.32 Å². The number of hydrogen-bond donors (Lipinski definition) is 2. The second kappa shape index (κ2) is 6.53. The van der Waals surface area contributed by atoms with Crippen molar-refractivity contribution in [3.8, 4) is 6.07 Å². The minimum Gasteiger partial charge on any atom is -0.478 e. The Morgan fingerprint density at radius 2 is 1.75 bits per heavy atom. The molecule has 1 aromatic rings. The van der Waals surface area contributed by atoms with Crippen LogP contribution in [-0.2, 0) is 9.59 Å². The van der Waals surface area contributed by atoms with Crippen molar-refractivity contribution in [1.29, 1.82) is 5.26 Å². The number of hydrogen-bond acceptors (Lipinski definition) is 3. The lowest BCUT2D eigenvalue weighted by Gasteiger charge is -2.15. The summed E-state index contributed by atoms with van der Waals surface area (Å²) in [5.41, 5.74) is 1.59. The van der Waals surface area contributed by atoms with Gasteiger partial charge in [-0.05, 0) is 38.5 Å². The normalized spacial score (nSPS) is 12.9. The summed E-state index contributed by atoms with van der Waals surface area (Å²) in [6, 6.07) is 8.60. The van der Waals surface area contributed by atoms with Crippen LogP contribution in [0.5, 0.6) is 0 Å². The number of nitrogens with one attached hydrogen (secondary N) is 1. The average molecular weight is 272 g/mol. The van der Waals surface area contributed by atoms with E-state index in [9.17, 15) is 9.59 Å². The molecule has 0 saturated carbocycles. The van der Waals surface area contributed by atoms with E-state index in [-0.39, 0.29) is 17.2 Å². The Morgan fingerprint density at radius 3 is 2.20 bits per heavy atom. The highest BCUT2D eigenvalue weighted by Gasteiger charge is 2.15. The van der Waals surface area contributed by atoms with Gasteiger partial charge in [-0.3, -0.25) is 4.79 Å². The Bertz CT molecular complexity index is 595. The molecule has 1 aromatic carbocycles. The van der Waals surface area contributed by atoms with E-state index in [0.717, 1.165) is 5.56 Å². The first kappa shape index (κ1) is 15.4. The monoisotopic (exact) mass is 272 g/mol. The molecule has 0 bridgehead atoms. The van der Waals surface area contributed by atoms with Gasteiger partial charge in [0.05, 0.1) is 17.7 Å². The van der Waals surface area contributed by atoms with Crippen LogP contribution in [-0.4, -0.2) is 17.0 Å². The number of nitrogens with zero attached hydrogens (tertiary/aromatic N) is 1. The van der Waals surface area contributed by atoms with Crippen LogP contribution in [0.3, 0.4) is 0 Å². The van der Waals surface area contributed by atoms with Gasteiger partial charge in [0.2, 0.25) is 5.91 Å². The maximum atomic E-state index is 11.9. The first-order valence-corrected chi connectivity index (χ1v) is 6.08. The fraction of sp³-hybridized carbons (Fsp3) is 0.267. The third kappa shape index (κ3) is 3.69. The van der Waals surface area contributed by atoms with E-state index in [1.807, 2.05) is 6.07 Å². The summed E-state index contributed by atoms with van der Waals surface area (Å²) in [6.45, 7) is 4.66. The first-order chi connectivity index (χ1) is 9.36. The smallest absolute Gasteiger partial charge is 0.331 e. The Morgan fingerprint density at radius 1 is 1.20 bits per heavy atom. The molecule has 1 unspecified atom stereocenters. The number of carbonyl (C=O) groups excluding carboxylic acids is 1. The lowest BCUT2D eigenvalue weighted by Crippen LogP contribution is -2.28. The molecule has 104 valence electrons. The van der Waals surface area contributed by atoms with Crippen molar-refractivity contribution < 1.29 is 14.7 Å². The topological polar surface area (TPSA) is 90.2 Å². The zero-order valence-corrected chi connectivity index (χ0v) is 11.6. The number of carboxylic acids is 1. The Balaban J connectivity index is 2.82. The SMILES string of the molecule is CC(C(=O)O)=C(C)C(=O)NC(C)c1ccc(C#N)cc1. The Kier molecular flexibility index (Phi) is 5.04. The van der Waals surface area contributed by atoms with E-state index >= 15 is 0 Å². The maximum absolute atomic E-state index is 11.9. The molecule has 0 heterocycles. The lowest BCUT2D eigenvalue weighted by atomic mass is 10.1.